The summed E-state index contributed by atoms with van der Waals surface area (Å²) in [6.45, 7) is 4.16. The third-order valence-corrected chi connectivity index (χ3v) is 2.50. The lowest BCUT2D eigenvalue weighted by Gasteiger charge is -2.24. The van der Waals surface area contributed by atoms with Gasteiger partial charge in [-0.15, -0.1) is 0 Å². The highest BCUT2D eigenvalue weighted by molar-refractivity contribution is 5.76. The maximum absolute atomic E-state index is 11.5. The second kappa shape index (κ2) is 6.76. The first kappa shape index (κ1) is 12.4. The number of hydrogen-bond donors (Lipinski definition) is 3. The molecule has 1 fully saturated rings. The topological polar surface area (TPSA) is 70.6 Å². The predicted molar refractivity (Wildman–Crippen MR) is 56.5 cm³/mol. The number of amides is 1. The fourth-order valence-corrected chi connectivity index (χ4v) is 1.52. The van der Waals surface area contributed by atoms with E-state index in [0.717, 1.165) is 19.5 Å². The molecule has 3 N–H and O–H groups in total. The quantitative estimate of drug-likeness (QED) is 0.565. The lowest BCUT2D eigenvalue weighted by Crippen LogP contribution is -2.44. The molecule has 88 valence electrons. The summed E-state index contributed by atoms with van der Waals surface area (Å²) >= 11 is 0. The van der Waals surface area contributed by atoms with Crippen molar-refractivity contribution in [3.8, 4) is 0 Å². The zero-order valence-corrected chi connectivity index (χ0v) is 9.16. The van der Waals surface area contributed by atoms with Crippen molar-refractivity contribution in [1.29, 1.82) is 0 Å². The number of nitrogens with one attached hydrogen (secondary N) is 2. The zero-order valence-electron chi connectivity index (χ0n) is 9.16. The van der Waals surface area contributed by atoms with E-state index in [1.165, 1.54) is 0 Å². The normalized spacial score (nSPS) is 23.5. The fourth-order valence-electron chi connectivity index (χ4n) is 1.52. The number of aliphatic hydroxyl groups is 1. The van der Waals surface area contributed by atoms with Gasteiger partial charge in [-0.3, -0.25) is 4.79 Å². The van der Waals surface area contributed by atoms with E-state index >= 15 is 0 Å². The number of rotatable bonds is 5. The highest BCUT2D eigenvalue weighted by atomic mass is 16.5. The van der Waals surface area contributed by atoms with Crippen molar-refractivity contribution < 1.29 is 14.6 Å². The van der Waals surface area contributed by atoms with Crippen molar-refractivity contribution in [3.63, 3.8) is 0 Å². The Labute approximate surface area is 90.2 Å². The van der Waals surface area contributed by atoms with E-state index in [0.29, 0.717) is 13.0 Å². The molecule has 2 atom stereocenters. The molecule has 0 aromatic rings. The van der Waals surface area contributed by atoms with Crippen LogP contribution in [0.3, 0.4) is 0 Å². The van der Waals surface area contributed by atoms with Crippen LogP contribution in [0.15, 0.2) is 0 Å². The van der Waals surface area contributed by atoms with E-state index in [-0.39, 0.29) is 24.7 Å². The van der Waals surface area contributed by atoms with Gasteiger partial charge < -0.3 is 20.5 Å². The molecule has 1 rings (SSSR count). The lowest BCUT2D eigenvalue weighted by atomic mass is 10.2. The van der Waals surface area contributed by atoms with E-state index in [1.54, 1.807) is 0 Å². The summed E-state index contributed by atoms with van der Waals surface area (Å²) < 4.78 is 5.41. The molecule has 0 radical (unpaired) electrons. The van der Waals surface area contributed by atoms with Crippen LogP contribution in [-0.4, -0.2) is 49.5 Å². The number of morpholine rings is 1. The second-order valence-corrected chi connectivity index (χ2v) is 3.76. The number of carbonyl (C=O) groups excluding carboxylic acids is 1. The molecule has 15 heavy (non-hydrogen) atoms. The van der Waals surface area contributed by atoms with E-state index in [1.807, 2.05) is 6.92 Å². The SMILES string of the molecule is CCC(CO)NC(=O)CC1CNCCO1. The molecule has 0 bridgehead atoms. The Hall–Kier alpha value is -0.650. The maximum Gasteiger partial charge on any atom is 0.222 e. The van der Waals surface area contributed by atoms with Crippen LogP contribution in [0.1, 0.15) is 19.8 Å². The molecular formula is C10H20N2O3. The Kier molecular flexibility index (Phi) is 5.60. The highest BCUT2D eigenvalue weighted by Gasteiger charge is 2.18. The van der Waals surface area contributed by atoms with Crippen molar-refractivity contribution in [1.82, 2.24) is 10.6 Å². The molecule has 5 nitrogen and oxygen atoms in total. The average molecular weight is 216 g/mol. The van der Waals surface area contributed by atoms with Crippen molar-refractivity contribution in [2.45, 2.75) is 31.9 Å². The van der Waals surface area contributed by atoms with Gasteiger partial charge in [0.2, 0.25) is 5.91 Å². The van der Waals surface area contributed by atoms with Gasteiger partial charge in [-0.1, -0.05) is 6.92 Å². The molecule has 1 aliphatic heterocycles. The largest absolute Gasteiger partial charge is 0.394 e. The summed E-state index contributed by atoms with van der Waals surface area (Å²) in [4.78, 5) is 11.5. The van der Waals surface area contributed by atoms with Gasteiger partial charge in [0.15, 0.2) is 0 Å². The smallest absolute Gasteiger partial charge is 0.222 e. The van der Waals surface area contributed by atoms with Crippen molar-refractivity contribution in [2.24, 2.45) is 0 Å². The van der Waals surface area contributed by atoms with Crippen LogP contribution in [0.5, 0.6) is 0 Å². The van der Waals surface area contributed by atoms with E-state index in [9.17, 15) is 4.79 Å². The van der Waals surface area contributed by atoms with Gasteiger partial charge in [-0.2, -0.15) is 0 Å². The fraction of sp³-hybridized carbons (Fsp3) is 0.900. The molecule has 2 unspecified atom stereocenters. The third kappa shape index (κ3) is 4.59. The molecule has 0 aromatic heterocycles. The molecule has 0 aliphatic carbocycles. The van der Waals surface area contributed by atoms with Gasteiger partial charge in [0.25, 0.3) is 0 Å². The van der Waals surface area contributed by atoms with Crippen LogP contribution in [0.2, 0.25) is 0 Å². The number of hydrogen-bond acceptors (Lipinski definition) is 4. The molecule has 1 saturated heterocycles. The minimum atomic E-state index is -0.131. The zero-order chi connectivity index (χ0) is 11.1. The summed E-state index contributed by atoms with van der Waals surface area (Å²) in [5, 5.41) is 14.9. The lowest BCUT2D eigenvalue weighted by molar-refractivity contribution is -0.125. The van der Waals surface area contributed by atoms with Gasteiger partial charge in [-0.25, -0.2) is 0 Å². The van der Waals surface area contributed by atoms with Gasteiger partial charge in [-0.05, 0) is 6.42 Å². The Morgan fingerprint density at radius 3 is 3.07 bits per heavy atom. The summed E-state index contributed by atoms with van der Waals surface area (Å²) in [7, 11) is 0. The first-order valence-corrected chi connectivity index (χ1v) is 5.48. The monoisotopic (exact) mass is 216 g/mol. The maximum atomic E-state index is 11.5. The Morgan fingerprint density at radius 2 is 2.53 bits per heavy atom. The first-order valence-electron chi connectivity index (χ1n) is 5.48. The molecule has 1 amide bonds. The first-order chi connectivity index (χ1) is 7.26. The van der Waals surface area contributed by atoms with Gasteiger partial charge in [0, 0.05) is 13.1 Å². The van der Waals surface area contributed by atoms with Crippen LogP contribution in [0.25, 0.3) is 0 Å². The van der Waals surface area contributed by atoms with Crippen molar-refractivity contribution in [3.05, 3.63) is 0 Å². The van der Waals surface area contributed by atoms with E-state index in [2.05, 4.69) is 10.6 Å². The van der Waals surface area contributed by atoms with Crippen LogP contribution in [-0.2, 0) is 9.53 Å². The summed E-state index contributed by atoms with van der Waals surface area (Å²) in [5.41, 5.74) is 0. The van der Waals surface area contributed by atoms with E-state index in [4.69, 9.17) is 9.84 Å². The van der Waals surface area contributed by atoms with Gasteiger partial charge in [0.05, 0.1) is 31.8 Å². The third-order valence-electron chi connectivity index (χ3n) is 2.50. The van der Waals surface area contributed by atoms with Gasteiger partial charge in [0.1, 0.15) is 0 Å². The van der Waals surface area contributed by atoms with Crippen molar-refractivity contribution >= 4 is 5.91 Å². The Morgan fingerprint density at radius 1 is 1.73 bits per heavy atom. The average Bonchev–Trinajstić information content (AvgIpc) is 2.27. The Balaban J connectivity index is 2.21. The number of ether oxygens (including phenoxy) is 1. The van der Waals surface area contributed by atoms with Crippen LogP contribution < -0.4 is 10.6 Å². The van der Waals surface area contributed by atoms with Crippen LogP contribution >= 0.6 is 0 Å². The minimum Gasteiger partial charge on any atom is -0.394 e. The molecular weight excluding hydrogens is 196 g/mol. The minimum absolute atomic E-state index is 0.00792. The second-order valence-electron chi connectivity index (χ2n) is 3.76. The van der Waals surface area contributed by atoms with Crippen molar-refractivity contribution in [2.75, 3.05) is 26.3 Å². The highest BCUT2D eigenvalue weighted by Crippen LogP contribution is 2.02. The molecule has 1 heterocycles. The predicted octanol–water partition coefficient (Wildman–Crippen LogP) is -0.748. The molecule has 0 saturated carbocycles. The van der Waals surface area contributed by atoms with Crippen LogP contribution in [0, 0.1) is 0 Å². The molecule has 0 spiro atoms. The van der Waals surface area contributed by atoms with E-state index < -0.39 is 0 Å². The summed E-state index contributed by atoms with van der Waals surface area (Å²) in [6, 6.07) is -0.131. The summed E-state index contributed by atoms with van der Waals surface area (Å²) in [6.07, 6.45) is 1.07. The Bertz CT molecular complexity index is 189. The number of carbonyl (C=O) groups is 1. The van der Waals surface area contributed by atoms with Crippen LogP contribution in [0.4, 0.5) is 0 Å². The number of aliphatic hydroxyl groups excluding tert-OH is 1. The standard InChI is InChI=1S/C10H20N2O3/c1-2-8(7-13)12-10(14)5-9-6-11-3-4-15-9/h8-9,11,13H,2-7H2,1H3,(H,12,14). The van der Waals surface area contributed by atoms with Gasteiger partial charge >= 0.3 is 0 Å². The summed E-state index contributed by atoms with van der Waals surface area (Å²) in [5.74, 6) is -0.0513. The molecule has 0 aromatic carbocycles. The molecule has 1 aliphatic rings. The molecule has 5 heteroatoms.